The molecule has 1 nitrogen and oxygen atoms in total. The van der Waals surface area contributed by atoms with Gasteiger partial charge in [0.05, 0.1) is 0 Å². The topological polar surface area (TPSA) is 17.1 Å². The molecule has 19 heavy (non-hydrogen) atoms. The van der Waals surface area contributed by atoms with Crippen LogP contribution in [0.4, 0.5) is 13.2 Å². The van der Waals surface area contributed by atoms with Crippen molar-refractivity contribution >= 4 is 21.7 Å². The Bertz CT molecular complexity index is 600. The van der Waals surface area contributed by atoms with E-state index < -0.39 is 23.2 Å². The van der Waals surface area contributed by atoms with Crippen LogP contribution < -0.4 is 0 Å². The van der Waals surface area contributed by atoms with Crippen molar-refractivity contribution < 1.29 is 18.0 Å². The zero-order valence-corrected chi connectivity index (χ0v) is 11.2. The Hall–Kier alpha value is -1.62. The highest BCUT2D eigenvalue weighted by Gasteiger charge is 2.11. The third-order valence-corrected chi connectivity index (χ3v) is 2.93. The molecule has 0 fully saturated rings. The molecule has 2 aromatic carbocycles. The molecule has 0 aliphatic carbocycles. The number of halogens is 4. The van der Waals surface area contributed by atoms with Crippen LogP contribution in [0.15, 0.2) is 40.9 Å². The summed E-state index contributed by atoms with van der Waals surface area (Å²) in [5.74, 6) is -2.46. The number of benzene rings is 2. The first-order valence-corrected chi connectivity index (χ1v) is 6.17. The monoisotopic (exact) mass is 328 g/mol. The summed E-state index contributed by atoms with van der Waals surface area (Å²) >= 11 is 3.08. The molecule has 5 heteroatoms. The highest BCUT2D eigenvalue weighted by molar-refractivity contribution is 9.10. The van der Waals surface area contributed by atoms with Crippen molar-refractivity contribution in [1.29, 1.82) is 0 Å². The fraction of sp³-hybridized carbons (Fsp3) is 0.0714. The summed E-state index contributed by atoms with van der Waals surface area (Å²) in [6.45, 7) is 0. The average Bonchev–Trinajstić information content (AvgIpc) is 2.25. The van der Waals surface area contributed by atoms with Crippen LogP contribution >= 0.6 is 15.9 Å². The number of hydrogen-bond donors (Lipinski definition) is 0. The maximum absolute atomic E-state index is 13.2. The van der Waals surface area contributed by atoms with E-state index in [4.69, 9.17) is 0 Å². The molecule has 0 aliphatic rings. The van der Waals surface area contributed by atoms with Crippen molar-refractivity contribution in [1.82, 2.24) is 0 Å². The molecule has 2 rings (SSSR count). The Labute approximate surface area is 116 Å². The highest BCUT2D eigenvalue weighted by Crippen LogP contribution is 2.17. The number of hydrogen-bond acceptors (Lipinski definition) is 1. The predicted molar refractivity (Wildman–Crippen MR) is 68.5 cm³/mol. The summed E-state index contributed by atoms with van der Waals surface area (Å²) in [4.78, 5) is 11.9. The lowest BCUT2D eigenvalue weighted by Crippen LogP contribution is -2.05. The number of Topliss-reactive ketones (excluding diaryl/α,β-unsaturated/α-hetero) is 1. The zero-order valence-electron chi connectivity index (χ0n) is 9.59. The molecule has 98 valence electrons. The van der Waals surface area contributed by atoms with Crippen molar-refractivity contribution in [2.45, 2.75) is 6.42 Å². The molecule has 0 unspecified atom stereocenters. The van der Waals surface area contributed by atoms with Gasteiger partial charge in [-0.05, 0) is 35.9 Å². The summed E-state index contributed by atoms with van der Waals surface area (Å²) in [5.41, 5.74) is 0.361. The molecule has 0 saturated carbocycles. The average molecular weight is 329 g/mol. The van der Waals surface area contributed by atoms with Crippen molar-refractivity contribution in [3.05, 3.63) is 69.4 Å². The van der Waals surface area contributed by atoms with Gasteiger partial charge in [-0.25, -0.2) is 13.2 Å². The van der Waals surface area contributed by atoms with E-state index in [0.29, 0.717) is 4.47 Å². The molecular formula is C14H8BrF3O. The Balaban J connectivity index is 2.25. The predicted octanol–water partition coefficient (Wildman–Crippen LogP) is 4.29. The quantitative estimate of drug-likeness (QED) is 0.768. The molecule has 0 aliphatic heterocycles. The van der Waals surface area contributed by atoms with Crippen molar-refractivity contribution in [2.24, 2.45) is 0 Å². The minimum atomic E-state index is -0.747. The molecule has 0 N–H and O–H groups in total. The highest BCUT2D eigenvalue weighted by atomic mass is 79.9. The fourth-order valence-electron chi connectivity index (χ4n) is 1.72. The SMILES string of the molecule is O=C(Cc1cc(F)cc(F)c1)c1cc(F)cc(Br)c1. The maximum atomic E-state index is 13.2. The molecule has 0 radical (unpaired) electrons. The van der Waals surface area contributed by atoms with E-state index in [9.17, 15) is 18.0 Å². The van der Waals surface area contributed by atoms with Crippen LogP contribution in [0, 0.1) is 17.5 Å². The lowest BCUT2D eigenvalue weighted by molar-refractivity contribution is 0.0992. The first-order valence-electron chi connectivity index (χ1n) is 5.38. The molecule has 0 saturated heterocycles. The summed E-state index contributed by atoms with van der Waals surface area (Å²) in [6, 6.07) is 6.65. The maximum Gasteiger partial charge on any atom is 0.167 e. The minimum absolute atomic E-state index is 0.150. The largest absolute Gasteiger partial charge is 0.294 e. The standard InChI is InChI=1S/C14H8BrF3O/c15-10-4-9(5-13(18)6-10)14(19)3-8-1-11(16)7-12(17)2-8/h1-2,4-7H,3H2. The van der Waals surface area contributed by atoms with Crippen LogP contribution in [0.2, 0.25) is 0 Å². The van der Waals surface area contributed by atoms with Crippen molar-refractivity contribution in [3.8, 4) is 0 Å². The van der Waals surface area contributed by atoms with Crippen LogP contribution in [0.25, 0.3) is 0 Å². The van der Waals surface area contributed by atoms with E-state index in [-0.39, 0.29) is 17.5 Å². The van der Waals surface area contributed by atoms with E-state index in [2.05, 4.69) is 15.9 Å². The van der Waals surface area contributed by atoms with Crippen LogP contribution in [-0.2, 0) is 6.42 Å². The Morgan fingerprint density at radius 1 is 0.895 bits per heavy atom. The third-order valence-electron chi connectivity index (χ3n) is 2.47. The fourth-order valence-corrected chi connectivity index (χ4v) is 2.18. The van der Waals surface area contributed by atoms with Crippen LogP contribution in [0.5, 0.6) is 0 Å². The Morgan fingerprint density at radius 3 is 2.05 bits per heavy atom. The van der Waals surface area contributed by atoms with Crippen molar-refractivity contribution in [2.75, 3.05) is 0 Å². The lowest BCUT2D eigenvalue weighted by atomic mass is 10.0. The summed E-state index contributed by atoms with van der Waals surface area (Å²) < 4.78 is 39.6. The van der Waals surface area contributed by atoms with Crippen LogP contribution in [-0.4, -0.2) is 5.78 Å². The normalized spacial score (nSPS) is 10.5. The van der Waals surface area contributed by atoms with E-state index in [1.807, 2.05) is 0 Å². The number of carbonyl (C=O) groups is 1. The molecule has 2 aromatic rings. The summed E-state index contributed by atoms with van der Waals surface area (Å²) in [5, 5.41) is 0. The van der Waals surface area contributed by atoms with Gasteiger partial charge in [-0.2, -0.15) is 0 Å². The van der Waals surface area contributed by atoms with Crippen LogP contribution in [0.1, 0.15) is 15.9 Å². The van der Waals surface area contributed by atoms with Gasteiger partial charge in [0.2, 0.25) is 0 Å². The smallest absolute Gasteiger partial charge is 0.167 e. The molecular weight excluding hydrogens is 321 g/mol. The Kier molecular flexibility index (Phi) is 4.04. The Morgan fingerprint density at radius 2 is 1.47 bits per heavy atom. The van der Waals surface area contributed by atoms with E-state index in [1.165, 1.54) is 12.1 Å². The molecule has 0 amide bonds. The number of ketones is 1. The van der Waals surface area contributed by atoms with Gasteiger partial charge in [0.1, 0.15) is 17.5 Å². The second-order valence-corrected chi connectivity index (χ2v) is 4.95. The van der Waals surface area contributed by atoms with Gasteiger partial charge in [-0.1, -0.05) is 15.9 Å². The van der Waals surface area contributed by atoms with Gasteiger partial charge in [0.25, 0.3) is 0 Å². The van der Waals surface area contributed by atoms with Gasteiger partial charge >= 0.3 is 0 Å². The molecule has 0 bridgehead atoms. The van der Waals surface area contributed by atoms with E-state index in [1.54, 1.807) is 0 Å². The second-order valence-electron chi connectivity index (χ2n) is 4.04. The first kappa shape index (κ1) is 13.8. The number of rotatable bonds is 3. The molecule has 0 heterocycles. The second kappa shape index (κ2) is 5.57. The zero-order chi connectivity index (χ0) is 14.0. The summed E-state index contributed by atoms with van der Waals surface area (Å²) in [6.07, 6.45) is -0.190. The van der Waals surface area contributed by atoms with Gasteiger partial charge < -0.3 is 0 Å². The summed E-state index contributed by atoms with van der Waals surface area (Å²) in [7, 11) is 0. The number of carbonyl (C=O) groups excluding carboxylic acids is 1. The first-order chi connectivity index (χ1) is 8.94. The molecule has 0 aromatic heterocycles. The van der Waals surface area contributed by atoms with Crippen molar-refractivity contribution in [3.63, 3.8) is 0 Å². The van der Waals surface area contributed by atoms with Gasteiger partial charge in [0.15, 0.2) is 5.78 Å². The van der Waals surface area contributed by atoms with Gasteiger partial charge in [-0.15, -0.1) is 0 Å². The molecule has 0 atom stereocenters. The van der Waals surface area contributed by atoms with E-state index >= 15 is 0 Å². The minimum Gasteiger partial charge on any atom is -0.294 e. The van der Waals surface area contributed by atoms with Gasteiger partial charge in [0, 0.05) is 22.5 Å². The third kappa shape index (κ3) is 3.67. The molecule has 0 spiro atoms. The lowest BCUT2D eigenvalue weighted by Gasteiger charge is -2.03. The van der Waals surface area contributed by atoms with Gasteiger partial charge in [-0.3, -0.25) is 4.79 Å². The van der Waals surface area contributed by atoms with Crippen LogP contribution in [0.3, 0.4) is 0 Å². The van der Waals surface area contributed by atoms with E-state index in [0.717, 1.165) is 24.3 Å².